The number of quaternary nitrogens is 1. The molecule has 0 saturated heterocycles. The van der Waals surface area contributed by atoms with Gasteiger partial charge in [0.05, 0.1) is 36.5 Å². The fourth-order valence-electron chi connectivity index (χ4n) is 3.68. The van der Waals surface area contributed by atoms with E-state index >= 15 is 0 Å². The molecule has 0 rings (SSSR count). The first-order valence-electron chi connectivity index (χ1n) is 11.5. The Kier molecular flexibility index (Phi) is 18.1. The van der Waals surface area contributed by atoms with Crippen molar-refractivity contribution in [3.05, 3.63) is 0 Å². The zero-order valence-corrected chi connectivity index (χ0v) is 19.9. The lowest BCUT2D eigenvalue weighted by atomic mass is 10.1. The van der Waals surface area contributed by atoms with E-state index in [0.717, 1.165) is 0 Å². The summed E-state index contributed by atoms with van der Waals surface area (Å²) in [5, 5.41) is 0. The van der Waals surface area contributed by atoms with Crippen LogP contribution in [0, 0.1) is 0 Å². The molecule has 2 heteroatoms. The highest BCUT2D eigenvalue weighted by molar-refractivity contribution is 6.08. The molecule has 0 aromatic rings. The summed E-state index contributed by atoms with van der Waals surface area (Å²) in [6.07, 6.45) is 24.7. The molecule has 0 aromatic heterocycles. The largest absolute Gasteiger partial charge is 0.330 e. The molecule has 146 valence electrons. The average Bonchev–Trinajstić information content (AvgIpc) is 2.59. The van der Waals surface area contributed by atoms with Gasteiger partial charge in [-0.3, -0.25) is 0 Å². The fraction of sp³-hybridized carbons (Fsp3) is 1.00. The molecule has 0 aliphatic rings. The second-order valence-electron chi connectivity index (χ2n) is 8.33. The summed E-state index contributed by atoms with van der Waals surface area (Å²) < 4.78 is 1.37. The van der Waals surface area contributed by atoms with Crippen LogP contribution in [-0.4, -0.2) is 41.0 Å². The molecule has 0 saturated carbocycles. The van der Waals surface area contributed by atoms with Gasteiger partial charge in [-0.25, -0.2) is 0 Å². The van der Waals surface area contributed by atoms with Gasteiger partial charge in [0, 0.05) is 0 Å². The van der Waals surface area contributed by atoms with E-state index in [9.17, 15) is 0 Å². The zero-order valence-electron chi connectivity index (χ0n) is 17.9. The van der Waals surface area contributed by atoms with Crippen LogP contribution in [-0.2, 0) is 0 Å². The Bertz CT molecular complexity index is 222. The van der Waals surface area contributed by atoms with Crippen molar-refractivity contribution in [3.63, 3.8) is 0 Å². The van der Waals surface area contributed by atoms with Crippen molar-refractivity contribution < 1.29 is 4.48 Å². The van der Waals surface area contributed by atoms with Crippen LogP contribution in [0.1, 0.15) is 117 Å². The number of hydrogen-bond donors (Lipinski definition) is 0. The van der Waals surface area contributed by atoms with Crippen molar-refractivity contribution in [2.24, 2.45) is 0 Å². The average molecular weight is 357 g/mol. The van der Waals surface area contributed by atoms with Crippen LogP contribution in [0.25, 0.3) is 0 Å². The first-order chi connectivity index (χ1) is 11.7. The molecule has 0 atom stereocenters. The minimum atomic E-state index is 1.36. The van der Waals surface area contributed by atoms with Gasteiger partial charge in [0.25, 0.3) is 0 Å². The summed E-state index contributed by atoms with van der Waals surface area (Å²) in [6.45, 7) is 7.49. The summed E-state index contributed by atoms with van der Waals surface area (Å²) in [7, 11) is 3.88. The standard InChI is InChI=1S/C22H50NSi/c1-4-6-8-10-12-14-16-18-20-23(3,22-24)21-19-17-15-13-11-9-7-5-2/h4-22H2,1-3,24H3/q+1. The summed E-state index contributed by atoms with van der Waals surface area (Å²) in [5.41, 5.74) is 0. The maximum atomic E-state index is 2.52. The third-order valence-corrected chi connectivity index (χ3v) is 7.39. The summed E-state index contributed by atoms with van der Waals surface area (Å²) in [4.78, 5) is 0. The van der Waals surface area contributed by atoms with E-state index in [4.69, 9.17) is 0 Å². The molecule has 0 bridgehead atoms. The zero-order chi connectivity index (χ0) is 17.9. The second-order valence-corrected chi connectivity index (χ2v) is 8.97. The summed E-state index contributed by atoms with van der Waals surface area (Å²) in [6, 6.07) is 0. The van der Waals surface area contributed by atoms with Gasteiger partial charge in [-0.2, -0.15) is 0 Å². The third kappa shape index (κ3) is 15.7. The number of nitrogens with zero attached hydrogens (tertiary/aromatic N) is 1. The number of unbranched alkanes of at least 4 members (excludes halogenated alkanes) is 14. The molecule has 0 N–H and O–H groups in total. The molecule has 0 heterocycles. The van der Waals surface area contributed by atoms with Gasteiger partial charge in [0.1, 0.15) is 0 Å². The molecule has 1 nitrogen and oxygen atoms in total. The van der Waals surface area contributed by atoms with Gasteiger partial charge in [0.2, 0.25) is 0 Å². The Morgan fingerprint density at radius 1 is 0.500 bits per heavy atom. The van der Waals surface area contributed by atoms with E-state index in [0.29, 0.717) is 0 Å². The van der Waals surface area contributed by atoms with Gasteiger partial charge in [0.15, 0.2) is 0 Å². The topological polar surface area (TPSA) is 0 Å². The predicted octanol–water partition coefficient (Wildman–Crippen LogP) is 6.04. The molecule has 0 unspecified atom stereocenters. The Hall–Kier alpha value is 0.177. The van der Waals surface area contributed by atoms with E-state index in [1.807, 2.05) is 0 Å². The van der Waals surface area contributed by atoms with Gasteiger partial charge in [-0.05, 0) is 25.7 Å². The van der Waals surface area contributed by atoms with Crippen molar-refractivity contribution in [3.8, 4) is 0 Å². The molecule has 0 fully saturated rings. The highest BCUT2D eigenvalue weighted by Crippen LogP contribution is 2.14. The van der Waals surface area contributed by atoms with Crippen LogP contribution in [0.3, 0.4) is 0 Å². The van der Waals surface area contributed by atoms with Crippen LogP contribution >= 0.6 is 0 Å². The van der Waals surface area contributed by atoms with Gasteiger partial charge in [-0.15, -0.1) is 0 Å². The summed E-state index contributed by atoms with van der Waals surface area (Å²) in [5.74, 6) is 0. The number of hydrogen-bond acceptors (Lipinski definition) is 0. The van der Waals surface area contributed by atoms with E-state index < -0.39 is 0 Å². The lowest BCUT2D eigenvalue weighted by Crippen LogP contribution is -2.46. The maximum absolute atomic E-state index is 2.52. The van der Waals surface area contributed by atoms with Crippen molar-refractivity contribution in [1.29, 1.82) is 0 Å². The van der Waals surface area contributed by atoms with Gasteiger partial charge < -0.3 is 4.48 Å². The second kappa shape index (κ2) is 18.0. The van der Waals surface area contributed by atoms with Crippen molar-refractivity contribution in [2.75, 3.05) is 26.3 Å². The monoisotopic (exact) mass is 356 g/mol. The molecule has 0 aromatic carbocycles. The Labute approximate surface area is 158 Å². The molecule has 0 radical (unpaired) electrons. The van der Waals surface area contributed by atoms with Crippen LogP contribution in [0.4, 0.5) is 0 Å². The van der Waals surface area contributed by atoms with Gasteiger partial charge >= 0.3 is 0 Å². The van der Waals surface area contributed by atoms with E-state index in [1.54, 1.807) is 0 Å². The molecular formula is C22H50NSi+. The number of rotatable bonds is 19. The molecule has 24 heavy (non-hydrogen) atoms. The molecule has 0 spiro atoms. The minimum absolute atomic E-state index is 1.36. The maximum Gasteiger partial charge on any atom is 0.0781 e. The first-order valence-corrected chi connectivity index (χ1v) is 12.9. The van der Waals surface area contributed by atoms with E-state index in [2.05, 4.69) is 20.9 Å². The highest BCUT2D eigenvalue weighted by Gasteiger charge is 2.17. The fourth-order valence-corrected chi connectivity index (χ4v) is 4.32. The molecule has 0 amide bonds. The third-order valence-electron chi connectivity index (χ3n) is 5.87. The van der Waals surface area contributed by atoms with Crippen molar-refractivity contribution in [1.82, 2.24) is 0 Å². The smallest absolute Gasteiger partial charge is 0.0781 e. The summed E-state index contributed by atoms with van der Waals surface area (Å²) >= 11 is 0. The quantitative estimate of drug-likeness (QED) is 0.150. The molecule has 0 aliphatic carbocycles. The lowest BCUT2D eigenvalue weighted by molar-refractivity contribution is -0.899. The van der Waals surface area contributed by atoms with Crippen molar-refractivity contribution >= 4 is 10.2 Å². The predicted molar refractivity (Wildman–Crippen MR) is 116 cm³/mol. The van der Waals surface area contributed by atoms with Crippen LogP contribution in [0.2, 0.25) is 0 Å². The highest BCUT2D eigenvalue weighted by atomic mass is 28.1. The Morgan fingerprint density at radius 2 is 0.792 bits per heavy atom. The van der Waals surface area contributed by atoms with Crippen LogP contribution in [0.15, 0.2) is 0 Å². The van der Waals surface area contributed by atoms with E-state index in [1.165, 1.54) is 137 Å². The SMILES string of the molecule is CCCCCCCCCC[N+](C)(C[SiH3])CCCCCCCCCC. The first kappa shape index (κ1) is 24.2. The van der Waals surface area contributed by atoms with E-state index in [-0.39, 0.29) is 0 Å². The van der Waals surface area contributed by atoms with Gasteiger partial charge in [-0.1, -0.05) is 90.9 Å². The normalized spacial score (nSPS) is 12.1. The molecule has 0 aliphatic heterocycles. The minimum Gasteiger partial charge on any atom is -0.330 e. The lowest BCUT2D eigenvalue weighted by Gasteiger charge is -2.34. The Balaban J connectivity index is 3.51. The van der Waals surface area contributed by atoms with Crippen LogP contribution < -0.4 is 0 Å². The molecular weight excluding hydrogens is 306 g/mol. The van der Waals surface area contributed by atoms with Crippen molar-refractivity contribution in [2.45, 2.75) is 117 Å². The van der Waals surface area contributed by atoms with Crippen LogP contribution in [0.5, 0.6) is 0 Å². The Morgan fingerprint density at radius 3 is 1.08 bits per heavy atom.